The monoisotopic (exact) mass is 230 g/mol. The van der Waals surface area contributed by atoms with Gasteiger partial charge in [-0.25, -0.2) is 0 Å². The summed E-state index contributed by atoms with van der Waals surface area (Å²) in [6.45, 7) is 2.69. The number of aliphatic carboxylic acids is 1. The van der Waals surface area contributed by atoms with Crippen molar-refractivity contribution in [3.05, 3.63) is 29.8 Å². The molecule has 0 saturated carbocycles. The third-order valence-corrected chi connectivity index (χ3v) is 3.40. The van der Waals surface area contributed by atoms with Crippen molar-refractivity contribution in [1.82, 2.24) is 0 Å². The zero-order valence-electron chi connectivity index (χ0n) is 9.63. The molecule has 4 heteroatoms. The van der Waals surface area contributed by atoms with Crippen LogP contribution in [0.3, 0.4) is 0 Å². The van der Waals surface area contributed by atoms with Crippen molar-refractivity contribution in [2.45, 2.75) is 19.4 Å². The summed E-state index contributed by atoms with van der Waals surface area (Å²) in [6, 6.07) is 9.34. The van der Waals surface area contributed by atoms with Gasteiger partial charge in [0.1, 0.15) is 0 Å². The number of hydrogen-bond acceptors (Lipinski definition) is 3. The van der Waals surface area contributed by atoms with Crippen LogP contribution in [0.2, 0.25) is 0 Å². The molecule has 1 N–H and O–H groups in total. The highest BCUT2D eigenvalue weighted by Gasteiger charge is 2.35. The number of carboxylic acid groups (broad SMARTS) is 1. The van der Waals surface area contributed by atoms with Gasteiger partial charge in [0.15, 0.2) is 0 Å². The van der Waals surface area contributed by atoms with Crippen LogP contribution in [-0.2, 0) is 4.79 Å². The van der Waals surface area contributed by atoms with Gasteiger partial charge in [0.05, 0.1) is 17.6 Å². The molecule has 0 aliphatic carbocycles. The van der Waals surface area contributed by atoms with Crippen molar-refractivity contribution in [2.24, 2.45) is 5.92 Å². The Bertz CT molecular complexity index is 461. The van der Waals surface area contributed by atoms with Gasteiger partial charge in [-0.05, 0) is 37.6 Å². The first-order chi connectivity index (χ1) is 8.13. The van der Waals surface area contributed by atoms with Gasteiger partial charge in [-0.3, -0.25) is 4.79 Å². The predicted molar refractivity (Wildman–Crippen MR) is 63.7 cm³/mol. The molecule has 0 radical (unpaired) electrons. The van der Waals surface area contributed by atoms with Crippen molar-refractivity contribution in [2.75, 3.05) is 11.4 Å². The summed E-state index contributed by atoms with van der Waals surface area (Å²) in [7, 11) is 0. The van der Waals surface area contributed by atoms with E-state index in [0.29, 0.717) is 12.0 Å². The fourth-order valence-corrected chi connectivity index (χ4v) is 2.36. The second-order valence-corrected chi connectivity index (χ2v) is 4.33. The summed E-state index contributed by atoms with van der Waals surface area (Å²) in [4.78, 5) is 13.1. The van der Waals surface area contributed by atoms with Gasteiger partial charge in [0.2, 0.25) is 0 Å². The minimum atomic E-state index is -0.728. The number of nitrogens with zero attached hydrogens (tertiary/aromatic N) is 2. The van der Waals surface area contributed by atoms with Crippen LogP contribution in [0.5, 0.6) is 0 Å². The molecule has 1 aliphatic heterocycles. The molecular weight excluding hydrogens is 216 g/mol. The van der Waals surface area contributed by atoms with E-state index in [1.54, 1.807) is 12.1 Å². The molecule has 0 aromatic heterocycles. The summed E-state index contributed by atoms with van der Waals surface area (Å²) < 4.78 is 0. The molecule has 2 unspecified atom stereocenters. The Morgan fingerprint density at radius 1 is 1.47 bits per heavy atom. The highest BCUT2D eigenvalue weighted by Crippen LogP contribution is 2.29. The second-order valence-electron chi connectivity index (χ2n) is 4.33. The minimum absolute atomic E-state index is 0.000403. The second kappa shape index (κ2) is 4.46. The minimum Gasteiger partial charge on any atom is -0.481 e. The standard InChI is InChI=1S/C13H14N2O2/c1-9-12(13(16)17)6-7-15(9)11-4-2-10(8-14)3-5-11/h2-5,9,12H,6-7H2,1H3,(H,16,17). The number of rotatable bonds is 2. The molecule has 1 aromatic carbocycles. The summed E-state index contributed by atoms with van der Waals surface area (Å²) in [5.41, 5.74) is 1.61. The zero-order chi connectivity index (χ0) is 12.4. The third kappa shape index (κ3) is 2.09. The third-order valence-electron chi connectivity index (χ3n) is 3.40. The maximum absolute atomic E-state index is 11.0. The quantitative estimate of drug-likeness (QED) is 0.842. The van der Waals surface area contributed by atoms with E-state index < -0.39 is 5.97 Å². The lowest BCUT2D eigenvalue weighted by Crippen LogP contribution is -2.32. The summed E-state index contributed by atoms with van der Waals surface area (Å²) >= 11 is 0. The Labute approximate surface area is 100 Å². The predicted octanol–water partition coefficient (Wildman–Crippen LogP) is 1.86. The topological polar surface area (TPSA) is 64.3 Å². The highest BCUT2D eigenvalue weighted by molar-refractivity contribution is 5.73. The Hall–Kier alpha value is -2.02. The molecule has 4 nitrogen and oxygen atoms in total. The average molecular weight is 230 g/mol. The first-order valence-corrected chi connectivity index (χ1v) is 5.63. The molecule has 1 fully saturated rings. The van der Waals surface area contributed by atoms with Crippen molar-refractivity contribution in [1.29, 1.82) is 5.26 Å². The molecular formula is C13H14N2O2. The van der Waals surface area contributed by atoms with Crippen LogP contribution in [0.4, 0.5) is 5.69 Å². The summed E-state index contributed by atoms with van der Waals surface area (Å²) in [5, 5.41) is 17.8. The van der Waals surface area contributed by atoms with Crippen LogP contribution in [0, 0.1) is 17.2 Å². The van der Waals surface area contributed by atoms with Gasteiger partial charge in [-0.15, -0.1) is 0 Å². The molecule has 88 valence electrons. The van der Waals surface area contributed by atoms with Crippen LogP contribution in [0.15, 0.2) is 24.3 Å². The fourth-order valence-electron chi connectivity index (χ4n) is 2.36. The lowest BCUT2D eigenvalue weighted by atomic mass is 10.0. The lowest BCUT2D eigenvalue weighted by Gasteiger charge is -2.25. The molecule has 0 amide bonds. The van der Waals surface area contributed by atoms with Gasteiger partial charge >= 0.3 is 5.97 Å². The van der Waals surface area contributed by atoms with E-state index in [9.17, 15) is 4.79 Å². The maximum atomic E-state index is 11.0. The molecule has 0 bridgehead atoms. The van der Waals surface area contributed by atoms with E-state index >= 15 is 0 Å². The van der Waals surface area contributed by atoms with Crippen LogP contribution < -0.4 is 4.90 Å². The van der Waals surface area contributed by atoms with Gasteiger partial charge in [0, 0.05) is 18.3 Å². The van der Waals surface area contributed by atoms with Crippen LogP contribution >= 0.6 is 0 Å². The Kier molecular flexibility index (Phi) is 3.01. The first kappa shape index (κ1) is 11.5. The first-order valence-electron chi connectivity index (χ1n) is 5.63. The van der Waals surface area contributed by atoms with Gasteiger partial charge in [-0.2, -0.15) is 5.26 Å². The molecule has 0 spiro atoms. The number of benzene rings is 1. The van der Waals surface area contributed by atoms with E-state index in [2.05, 4.69) is 11.0 Å². The van der Waals surface area contributed by atoms with Crippen LogP contribution in [-0.4, -0.2) is 23.7 Å². The molecule has 2 atom stereocenters. The Morgan fingerprint density at radius 2 is 2.12 bits per heavy atom. The molecule has 1 aliphatic rings. The van der Waals surface area contributed by atoms with E-state index in [1.807, 2.05) is 19.1 Å². The van der Waals surface area contributed by atoms with Gasteiger partial charge in [-0.1, -0.05) is 0 Å². The largest absolute Gasteiger partial charge is 0.481 e. The smallest absolute Gasteiger partial charge is 0.308 e. The zero-order valence-corrected chi connectivity index (χ0v) is 9.63. The normalized spacial score (nSPS) is 23.4. The number of carbonyl (C=O) groups is 1. The molecule has 1 saturated heterocycles. The molecule has 1 aromatic rings. The fraction of sp³-hybridized carbons (Fsp3) is 0.385. The van der Waals surface area contributed by atoms with Crippen molar-refractivity contribution in [3.63, 3.8) is 0 Å². The van der Waals surface area contributed by atoms with E-state index in [-0.39, 0.29) is 12.0 Å². The summed E-state index contributed by atoms with van der Waals surface area (Å²) in [5.74, 6) is -1.03. The molecule has 2 rings (SSSR count). The van der Waals surface area contributed by atoms with Crippen molar-refractivity contribution >= 4 is 11.7 Å². The Morgan fingerprint density at radius 3 is 2.59 bits per heavy atom. The number of carboxylic acids is 1. The lowest BCUT2D eigenvalue weighted by molar-refractivity contribution is -0.141. The number of hydrogen-bond donors (Lipinski definition) is 1. The van der Waals surface area contributed by atoms with Crippen molar-refractivity contribution < 1.29 is 9.90 Å². The Balaban J connectivity index is 2.18. The van der Waals surface area contributed by atoms with E-state index in [0.717, 1.165) is 12.2 Å². The van der Waals surface area contributed by atoms with Gasteiger partial charge in [0.25, 0.3) is 0 Å². The highest BCUT2D eigenvalue weighted by atomic mass is 16.4. The molecule has 1 heterocycles. The van der Waals surface area contributed by atoms with Crippen LogP contribution in [0.1, 0.15) is 18.9 Å². The number of nitriles is 1. The number of anilines is 1. The van der Waals surface area contributed by atoms with E-state index in [4.69, 9.17) is 10.4 Å². The maximum Gasteiger partial charge on any atom is 0.308 e. The average Bonchev–Trinajstić information content (AvgIpc) is 2.71. The molecule has 17 heavy (non-hydrogen) atoms. The van der Waals surface area contributed by atoms with E-state index in [1.165, 1.54) is 0 Å². The SMILES string of the molecule is CC1C(C(=O)O)CCN1c1ccc(C#N)cc1. The van der Waals surface area contributed by atoms with Crippen molar-refractivity contribution in [3.8, 4) is 6.07 Å². The summed E-state index contributed by atoms with van der Waals surface area (Å²) in [6.07, 6.45) is 0.677. The van der Waals surface area contributed by atoms with Gasteiger partial charge < -0.3 is 10.0 Å². The van der Waals surface area contributed by atoms with Crippen LogP contribution in [0.25, 0.3) is 0 Å².